The second kappa shape index (κ2) is 9.79. The third-order valence-corrected chi connectivity index (χ3v) is 6.15. The van der Waals surface area contributed by atoms with Crippen LogP contribution in [0, 0.1) is 5.82 Å². The van der Waals surface area contributed by atoms with E-state index in [2.05, 4.69) is 0 Å². The molecule has 1 heterocycles. The van der Waals surface area contributed by atoms with Gasteiger partial charge in [0.1, 0.15) is 5.82 Å². The van der Waals surface area contributed by atoms with Crippen molar-refractivity contribution in [3.8, 4) is 0 Å². The van der Waals surface area contributed by atoms with Gasteiger partial charge in [0.05, 0.1) is 22.4 Å². The third-order valence-electron chi connectivity index (χ3n) is 5.90. The summed E-state index contributed by atoms with van der Waals surface area (Å²) < 4.78 is 19.0. The zero-order valence-corrected chi connectivity index (χ0v) is 19.8. The van der Waals surface area contributed by atoms with Gasteiger partial charge in [-0.2, -0.15) is 0 Å². The lowest BCUT2D eigenvalue weighted by Gasteiger charge is -2.18. The van der Waals surface area contributed by atoms with Crippen molar-refractivity contribution in [3.05, 3.63) is 136 Å². The van der Waals surface area contributed by atoms with Crippen molar-refractivity contribution in [1.82, 2.24) is 0 Å². The van der Waals surface area contributed by atoms with Gasteiger partial charge in [-0.1, -0.05) is 54.1 Å². The molecule has 0 unspecified atom stereocenters. The largest absolute Gasteiger partial charge is 0.445 e. The lowest BCUT2D eigenvalue weighted by atomic mass is 9.99. The minimum atomic E-state index is -1.27. The molecule has 1 aliphatic rings. The maximum atomic E-state index is 13.3. The topological polar surface area (TPSA) is 80.8 Å². The Morgan fingerprint density at radius 2 is 1.41 bits per heavy atom. The quantitative estimate of drug-likeness (QED) is 0.178. The minimum absolute atomic E-state index is 0.00111. The highest BCUT2D eigenvalue weighted by atomic mass is 35.5. The highest BCUT2D eigenvalue weighted by Gasteiger charge is 2.37. The normalized spacial score (nSPS) is 13.3. The molecule has 0 saturated carbocycles. The number of esters is 1. The molecule has 37 heavy (non-hydrogen) atoms. The van der Waals surface area contributed by atoms with Crippen molar-refractivity contribution in [2.24, 2.45) is 0 Å². The molecule has 4 aromatic rings. The number of nitrogens with zero attached hydrogens (tertiary/aromatic N) is 1. The van der Waals surface area contributed by atoms with E-state index < -0.39 is 35.5 Å². The lowest BCUT2D eigenvalue weighted by molar-refractivity contribution is 0.0280. The molecule has 8 heteroatoms. The van der Waals surface area contributed by atoms with Crippen LogP contribution in [-0.2, 0) is 4.74 Å². The maximum absolute atomic E-state index is 13.3. The first-order valence-electron chi connectivity index (χ1n) is 11.2. The fourth-order valence-corrected chi connectivity index (χ4v) is 4.16. The molecule has 0 N–H and O–H groups in total. The number of Topliss-reactive ketones (excluding diaryl/α,β-unsaturated/α-hetero) is 1. The van der Waals surface area contributed by atoms with Gasteiger partial charge in [0.2, 0.25) is 5.78 Å². The molecular formula is C29H17ClFNO5. The van der Waals surface area contributed by atoms with Crippen LogP contribution in [0.4, 0.5) is 10.1 Å². The number of benzene rings is 4. The first kappa shape index (κ1) is 24.1. The summed E-state index contributed by atoms with van der Waals surface area (Å²) in [6.07, 6.45) is -1.27. The number of anilines is 1. The Morgan fingerprint density at radius 1 is 0.757 bits per heavy atom. The molecular weight excluding hydrogens is 497 g/mol. The number of hydrogen-bond acceptors (Lipinski definition) is 5. The zero-order valence-electron chi connectivity index (χ0n) is 19.1. The van der Waals surface area contributed by atoms with Crippen LogP contribution in [-0.4, -0.2) is 23.6 Å². The van der Waals surface area contributed by atoms with Crippen LogP contribution in [0.2, 0.25) is 5.02 Å². The van der Waals surface area contributed by atoms with Crippen molar-refractivity contribution in [2.45, 2.75) is 6.10 Å². The van der Waals surface area contributed by atoms with Gasteiger partial charge in [0.25, 0.3) is 11.8 Å². The number of fused-ring (bicyclic) bond motifs is 1. The summed E-state index contributed by atoms with van der Waals surface area (Å²) in [5, 5.41) is 0.452. The molecule has 0 spiro atoms. The van der Waals surface area contributed by atoms with Gasteiger partial charge in [-0.3, -0.25) is 14.4 Å². The zero-order chi connectivity index (χ0) is 26.1. The van der Waals surface area contributed by atoms with Crippen LogP contribution < -0.4 is 4.90 Å². The Balaban J connectivity index is 1.45. The van der Waals surface area contributed by atoms with Gasteiger partial charge in [-0.05, 0) is 54.6 Å². The molecule has 0 radical (unpaired) electrons. The molecule has 1 atom stereocenters. The van der Waals surface area contributed by atoms with Crippen molar-refractivity contribution in [3.63, 3.8) is 0 Å². The van der Waals surface area contributed by atoms with E-state index in [4.69, 9.17) is 16.3 Å². The number of ketones is 1. The Labute approximate surface area is 215 Å². The number of hydrogen-bond donors (Lipinski definition) is 0. The monoisotopic (exact) mass is 513 g/mol. The van der Waals surface area contributed by atoms with E-state index in [1.807, 2.05) is 0 Å². The number of amides is 2. The summed E-state index contributed by atoms with van der Waals surface area (Å²) in [6.45, 7) is 0. The summed E-state index contributed by atoms with van der Waals surface area (Å²) >= 11 is 5.98. The van der Waals surface area contributed by atoms with E-state index in [0.717, 1.165) is 17.0 Å². The molecule has 0 bridgehead atoms. The number of imide groups is 1. The van der Waals surface area contributed by atoms with Gasteiger partial charge in [-0.15, -0.1) is 0 Å². The van der Waals surface area contributed by atoms with Crippen LogP contribution >= 0.6 is 11.6 Å². The van der Waals surface area contributed by atoms with Crippen molar-refractivity contribution in [1.29, 1.82) is 0 Å². The molecule has 2 amide bonds. The van der Waals surface area contributed by atoms with Crippen molar-refractivity contribution in [2.75, 3.05) is 4.90 Å². The summed E-state index contributed by atoms with van der Waals surface area (Å²) in [7, 11) is 0. The summed E-state index contributed by atoms with van der Waals surface area (Å²) in [4.78, 5) is 53.2. The Kier molecular flexibility index (Phi) is 6.38. The van der Waals surface area contributed by atoms with Crippen LogP contribution in [0.3, 0.4) is 0 Å². The van der Waals surface area contributed by atoms with Crippen LogP contribution in [0.15, 0.2) is 97.1 Å². The molecule has 0 fully saturated rings. The average Bonchev–Trinajstić information content (AvgIpc) is 3.17. The number of rotatable bonds is 6. The summed E-state index contributed by atoms with van der Waals surface area (Å²) in [5.74, 6) is -3.05. The predicted octanol–water partition coefficient (Wildman–Crippen LogP) is 6.06. The molecule has 0 saturated heterocycles. The fraction of sp³-hybridized carbons (Fsp3) is 0.0345. The van der Waals surface area contributed by atoms with E-state index in [9.17, 15) is 23.6 Å². The Morgan fingerprint density at radius 3 is 2.08 bits per heavy atom. The molecule has 4 aromatic carbocycles. The van der Waals surface area contributed by atoms with Crippen molar-refractivity contribution < 1.29 is 28.3 Å². The number of carbonyl (C=O) groups excluding carboxylic acids is 4. The smallest absolute Gasteiger partial charge is 0.339 e. The second-order valence-electron chi connectivity index (χ2n) is 8.25. The van der Waals surface area contributed by atoms with E-state index in [0.29, 0.717) is 16.1 Å². The first-order chi connectivity index (χ1) is 17.8. The third kappa shape index (κ3) is 4.64. The molecule has 6 nitrogen and oxygen atoms in total. The van der Waals surface area contributed by atoms with Crippen LogP contribution in [0.1, 0.15) is 53.1 Å². The molecule has 0 aromatic heterocycles. The van der Waals surface area contributed by atoms with Gasteiger partial charge < -0.3 is 4.74 Å². The van der Waals surface area contributed by atoms with E-state index >= 15 is 0 Å². The Hall–Kier alpha value is -4.62. The predicted molar refractivity (Wildman–Crippen MR) is 134 cm³/mol. The van der Waals surface area contributed by atoms with Crippen LogP contribution in [0.25, 0.3) is 0 Å². The van der Waals surface area contributed by atoms with Crippen LogP contribution in [0.5, 0.6) is 0 Å². The Bertz CT molecular complexity index is 1540. The van der Waals surface area contributed by atoms with Gasteiger partial charge >= 0.3 is 5.97 Å². The molecule has 0 aliphatic carbocycles. The van der Waals surface area contributed by atoms with E-state index in [1.54, 1.807) is 54.6 Å². The highest BCUT2D eigenvalue weighted by Crippen LogP contribution is 2.31. The van der Waals surface area contributed by atoms with Gasteiger partial charge in [0, 0.05) is 16.1 Å². The van der Waals surface area contributed by atoms with E-state index in [1.165, 1.54) is 30.3 Å². The molecule has 182 valence electrons. The first-order valence-corrected chi connectivity index (χ1v) is 11.6. The van der Waals surface area contributed by atoms with Crippen molar-refractivity contribution >= 4 is 40.9 Å². The van der Waals surface area contributed by atoms with Gasteiger partial charge in [0.15, 0.2) is 6.10 Å². The van der Waals surface area contributed by atoms with E-state index in [-0.39, 0.29) is 22.4 Å². The average molecular weight is 514 g/mol. The molecule has 5 rings (SSSR count). The standard InChI is InChI=1S/C29H17ClFNO5/c30-20-9-6-18(7-10-20)26(25(33)17-4-2-1-3-5-17)37-29(36)19-8-15-23-24(16-19)28(35)32(27(23)34)22-13-11-21(31)12-14-22/h1-16,26H/t26-/m1/s1. The molecule has 1 aliphatic heterocycles. The number of ether oxygens (including phenoxy) is 1. The maximum Gasteiger partial charge on any atom is 0.339 e. The number of carbonyl (C=O) groups is 4. The summed E-state index contributed by atoms with van der Waals surface area (Å²) in [5.41, 5.74) is 1.05. The number of halogens is 2. The SMILES string of the molecule is O=C(O[C@@H](C(=O)c1ccccc1)c1ccc(Cl)cc1)c1ccc2c(c1)C(=O)N(c1ccc(F)cc1)C2=O. The van der Waals surface area contributed by atoms with Gasteiger partial charge in [-0.25, -0.2) is 14.1 Å². The second-order valence-corrected chi connectivity index (χ2v) is 8.69. The summed E-state index contributed by atoms with van der Waals surface area (Å²) in [6, 6.07) is 23.6. The lowest BCUT2D eigenvalue weighted by Crippen LogP contribution is -2.29. The fourth-order valence-electron chi connectivity index (χ4n) is 4.03. The minimum Gasteiger partial charge on any atom is -0.445 e. The highest BCUT2D eigenvalue weighted by molar-refractivity contribution is 6.34.